The van der Waals surface area contributed by atoms with E-state index in [2.05, 4.69) is 29.8 Å². The molecule has 2 aromatic carbocycles. The van der Waals surface area contributed by atoms with E-state index in [0.29, 0.717) is 18.5 Å². The molecular formula is C21H25F2N3O2. The van der Waals surface area contributed by atoms with Crippen molar-refractivity contribution in [1.82, 2.24) is 10.6 Å². The number of carbonyl (C=O) groups is 2. The van der Waals surface area contributed by atoms with Gasteiger partial charge in [-0.05, 0) is 30.2 Å². The molecule has 0 spiro atoms. The fraction of sp³-hybridized carbons (Fsp3) is 0.333. The molecule has 0 saturated carbocycles. The lowest BCUT2D eigenvalue weighted by Gasteiger charge is -2.24. The molecule has 150 valence electrons. The van der Waals surface area contributed by atoms with Gasteiger partial charge >= 0.3 is 0 Å². The Hall–Kier alpha value is -2.96. The van der Waals surface area contributed by atoms with Crippen LogP contribution >= 0.6 is 0 Å². The highest BCUT2D eigenvalue weighted by molar-refractivity contribution is 5.94. The largest absolute Gasteiger partial charge is 0.380 e. The molecule has 0 aliphatic rings. The Morgan fingerprint density at radius 3 is 2.36 bits per heavy atom. The van der Waals surface area contributed by atoms with E-state index in [1.165, 1.54) is 0 Å². The van der Waals surface area contributed by atoms with Gasteiger partial charge in [0, 0.05) is 37.3 Å². The van der Waals surface area contributed by atoms with E-state index < -0.39 is 17.5 Å². The Balaban J connectivity index is 1.75. The second-order valence-electron chi connectivity index (χ2n) is 6.80. The van der Waals surface area contributed by atoms with Crippen molar-refractivity contribution in [2.75, 3.05) is 18.4 Å². The van der Waals surface area contributed by atoms with Crippen molar-refractivity contribution in [3.05, 3.63) is 65.7 Å². The number of rotatable bonds is 9. The lowest BCUT2D eigenvalue weighted by molar-refractivity contribution is -0.121. The van der Waals surface area contributed by atoms with Gasteiger partial charge in [0.1, 0.15) is 11.6 Å². The average molecular weight is 389 g/mol. The van der Waals surface area contributed by atoms with Crippen LogP contribution in [0.25, 0.3) is 0 Å². The molecule has 2 amide bonds. The molecule has 2 rings (SSSR count). The number of halogens is 2. The Bertz CT molecular complexity index is 797. The van der Waals surface area contributed by atoms with Crippen molar-refractivity contribution in [1.29, 1.82) is 0 Å². The summed E-state index contributed by atoms with van der Waals surface area (Å²) in [6.45, 7) is 4.61. The summed E-state index contributed by atoms with van der Waals surface area (Å²) in [7, 11) is 0. The van der Waals surface area contributed by atoms with Crippen LogP contribution in [-0.4, -0.2) is 30.9 Å². The summed E-state index contributed by atoms with van der Waals surface area (Å²) in [4.78, 5) is 23.9. The van der Waals surface area contributed by atoms with Gasteiger partial charge in [-0.2, -0.15) is 0 Å². The summed E-state index contributed by atoms with van der Waals surface area (Å²) in [6, 6.07) is 12.5. The second kappa shape index (κ2) is 10.4. The van der Waals surface area contributed by atoms with Crippen LogP contribution in [0.2, 0.25) is 0 Å². The first-order chi connectivity index (χ1) is 13.4. The molecule has 0 aromatic heterocycles. The lowest BCUT2D eigenvalue weighted by Crippen LogP contribution is -2.40. The molecule has 28 heavy (non-hydrogen) atoms. The van der Waals surface area contributed by atoms with Crippen LogP contribution in [0.4, 0.5) is 14.5 Å². The number of anilines is 1. The van der Waals surface area contributed by atoms with Crippen molar-refractivity contribution in [3.8, 4) is 0 Å². The molecule has 1 atom stereocenters. The highest BCUT2D eigenvalue weighted by Crippen LogP contribution is 2.12. The topological polar surface area (TPSA) is 70.2 Å². The predicted octanol–water partition coefficient (Wildman–Crippen LogP) is 3.34. The van der Waals surface area contributed by atoms with Crippen LogP contribution in [0.1, 0.15) is 30.6 Å². The van der Waals surface area contributed by atoms with Crippen molar-refractivity contribution in [2.45, 2.75) is 26.3 Å². The summed E-state index contributed by atoms with van der Waals surface area (Å²) in [6.07, 6.45) is 0.0602. The van der Waals surface area contributed by atoms with Crippen LogP contribution in [-0.2, 0) is 4.79 Å². The number of amides is 2. The van der Waals surface area contributed by atoms with E-state index in [9.17, 15) is 18.4 Å². The minimum Gasteiger partial charge on any atom is -0.380 e. The molecule has 0 aliphatic carbocycles. The summed E-state index contributed by atoms with van der Waals surface area (Å²) in [5.41, 5.74) is 0.720. The van der Waals surface area contributed by atoms with E-state index in [1.54, 1.807) is 0 Å². The number of hydrogen-bond donors (Lipinski definition) is 3. The van der Waals surface area contributed by atoms with Gasteiger partial charge in [-0.25, -0.2) is 8.78 Å². The smallest absolute Gasteiger partial charge is 0.254 e. The number of benzene rings is 2. The molecule has 0 radical (unpaired) electrons. The van der Waals surface area contributed by atoms with Gasteiger partial charge in [0.25, 0.3) is 5.91 Å². The predicted molar refractivity (Wildman–Crippen MR) is 105 cm³/mol. The Morgan fingerprint density at radius 2 is 1.71 bits per heavy atom. The van der Waals surface area contributed by atoms with E-state index in [1.807, 2.05) is 30.3 Å². The molecular weight excluding hydrogens is 364 g/mol. The van der Waals surface area contributed by atoms with Gasteiger partial charge in [0.15, 0.2) is 0 Å². The van der Waals surface area contributed by atoms with Crippen LogP contribution in [0.15, 0.2) is 48.5 Å². The van der Waals surface area contributed by atoms with Gasteiger partial charge in [-0.15, -0.1) is 0 Å². The minimum absolute atomic E-state index is 0.0502. The molecule has 1 unspecified atom stereocenters. The van der Waals surface area contributed by atoms with Crippen LogP contribution in [0.3, 0.4) is 0 Å². The maximum absolute atomic E-state index is 13.6. The van der Waals surface area contributed by atoms with Gasteiger partial charge in [0.2, 0.25) is 5.91 Å². The standard InChI is InChI=1S/C21H25F2N3O2/c1-14(2)19(26-16-6-4-3-5-7-16)13-25-20(27)10-11-24-21(28)17-9-8-15(22)12-18(17)23/h3-9,12,14,19,26H,10-11,13H2,1-2H3,(H,24,28)(H,25,27). The first-order valence-corrected chi connectivity index (χ1v) is 9.18. The summed E-state index contributed by atoms with van der Waals surface area (Å²) >= 11 is 0. The third-order valence-electron chi connectivity index (χ3n) is 4.26. The Labute approximate surface area is 163 Å². The maximum atomic E-state index is 13.6. The monoisotopic (exact) mass is 389 g/mol. The van der Waals surface area contributed by atoms with Crippen molar-refractivity contribution in [3.63, 3.8) is 0 Å². The summed E-state index contributed by atoms with van der Waals surface area (Å²) in [5, 5.41) is 8.69. The third kappa shape index (κ3) is 6.64. The fourth-order valence-electron chi connectivity index (χ4n) is 2.57. The minimum atomic E-state index is -0.936. The average Bonchev–Trinajstić information content (AvgIpc) is 2.65. The maximum Gasteiger partial charge on any atom is 0.254 e. The molecule has 3 N–H and O–H groups in total. The van der Waals surface area contributed by atoms with Gasteiger partial charge < -0.3 is 16.0 Å². The summed E-state index contributed by atoms with van der Waals surface area (Å²) in [5.74, 6) is -2.30. The van der Waals surface area contributed by atoms with Crippen molar-refractivity contribution < 1.29 is 18.4 Å². The lowest BCUT2D eigenvalue weighted by atomic mass is 10.0. The van der Waals surface area contributed by atoms with E-state index in [4.69, 9.17) is 0 Å². The van der Waals surface area contributed by atoms with Crippen molar-refractivity contribution in [2.24, 2.45) is 5.92 Å². The highest BCUT2D eigenvalue weighted by atomic mass is 19.1. The van der Waals surface area contributed by atoms with Gasteiger partial charge in [0.05, 0.1) is 5.56 Å². The number of carbonyl (C=O) groups excluding carboxylic acids is 2. The van der Waals surface area contributed by atoms with E-state index in [0.717, 1.165) is 17.8 Å². The zero-order valence-corrected chi connectivity index (χ0v) is 16.0. The molecule has 7 heteroatoms. The molecule has 0 bridgehead atoms. The third-order valence-corrected chi connectivity index (χ3v) is 4.26. The Kier molecular flexibility index (Phi) is 7.92. The molecule has 5 nitrogen and oxygen atoms in total. The van der Waals surface area contributed by atoms with Gasteiger partial charge in [-0.1, -0.05) is 32.0 Å². The number of nitrogens with one attached hydrogen (secondary N) is 3. The van der Waals surface area contributed by atoms with E-state index >= 15 is 0 Å². The Morgan fingerprint density at radius 1 is 1.00 bits per heavy atom. The first kappa shape index (κ1) is 21.3. The van der Waals surface area contributed by atoms with Crippen molar-refractivity contribution >= 4 is 17.5 Å². The fourth-order valence-corrected chi connectivity index (χ4v) is 2.57. The zero-order valence-electron chi connectivity index (χ0n) is 16.0. The highest BCUT2D eigenvalue weighted by Gasteiger charge is 2.15. The van der Waals surface area contributed by atoms with Crippen LogP contribution in [0, 0.1) is 17.6 Å². The molecule has 2 aromatic rings. The quantitative estimate of drug-likeness (QED) is 0.616. The summed E-state index contributed by atoms with van der Waals surface area (Å²) < 4.78 is 26.4. The molecule has 0 aliphatic heterocycles. The normalized spacial score (nSPS) is 11.8. The van der Waals surface area contributed by atoms with Crippen LogP contribution in [0.5, 0.6) is 0 Å². The number of hydrogen-bond acceptors (Lipinski definition) is 3. The SMILES string of the molecule is CC(C)C(CNC(=O)CCNC(=O)c1ccc(F)cc1F)Nc1ccccc1. The first-order valence-electron chi connectivity index (χ1n) is 9.18. The zero-order chi connectivity index (χ0) is 20.5. The molecule has 0 fully saturated rings. The second-order valence-corrected chi connectivity index (χ2v) is 6.80. The van der Waals surface area contributed by atoms with E-state index in [-0.39, 0.29) is 30.5 Å². The van der Waals surface area contributed by atoms with Gasteiger partial charge in [-0.3, -0.25) is 9.59 Å². The molecule has 0 heterocycles. The van der Waals surface area contributed by atoms with Crippen LogP contribution < -0.4 is 16.0 Å². The number of para-hydroxylation sites is 1. The molecule has 0 saturated heterocycles.